The molecule has 9 nitrogen and oxygen atoms in total. The molecule has 3 aromatic rings. The number of benzene rings is 1. The average molecular weight is 401 g/mol. The first-order chi connectivity index (χ1) is 13.4. The van der Waals surface area contributed by atoms with Crippen molar-refractivity contribution in [3.8, 4) is 0 Å². The van der Waals surface area contributed by atoms with Gasteiger partial charge in [0.2, 0.25) is 10.0 Å². The highest BCUT2D eigenvalue weighted by Gasteiger charge is 2.44. The molecule has 0 bridgehead atoms. The zero-order valence-electron chi connectivity index (χ0n) is 15.2. The molecule has 1 aromatic carbocycles. The maximum absolute atomic E-state index is 13.1. The number of nitrogens with zero attached hydrogens (tertiary/aromatic N) is 4. The van der Waals surface area contributed by atoms with Crippen LogP contribution in [0, 0.1) is 18.8 Å². The molecule has 10 heteroatoms. The largest absolute Gasteiger partial charge is 0.417 e. The average Bonchev–Trinajstić information content (AvgIpc) is 3.32. The van der Waals surface area contributed by atoms with E-state index in [1.54, 1.807) is 12.4 Å². The van der Waals surface area contributed by atoms with Crippen LogP contribution in [0.5, 0.6) is 0 Å². The fourth-order valence-electron chi connectivity index (χ4n) is 4.18. The molecule has 1 N–H and O–H groups in total. The molecule has 0 aliphatic carbocycles. The molecule has 0 spiro atoms. The smallest absolute Gasteiger partial charge is 0.408 e. The van der Waals surface area contributed by atoms with Gasteiger partial charge in [-0.1, -0.05) is 0 Å². The van der Waals surface area contributed by atoms with Crippen LogP contribution in [0.15, 0.2) is 44.7 Å². The summed E-state index contributed by atoms with van der Waals surface area (Å²) in [4.78, 5) is 24.6. The lowest BCUT2D eigenvalue weighted by Gasteiger charge is -2.22. The SMILES string of the molecule is Cc1cc(N2CC3CN(S(=O)(=O)c4ccc5[nH]c(=O)oc5c4)CC3C2)ncn1. The van der Waals surface area contributed by atoms with Crippen LogP contribution >= 0.6 is 0 Å². The van der Waals surface area contributed by atoms with E-state index in [-0.39, 0.29) is 22.3 Å². The van der Waals surface area contributed by atoms with Crippen LogP contribution in [0.4, 0.5) is 5.82 Å². The van der Waals surface area contributed by atoms with Crippen molar-refractivity contribution >= 4 is 26.9 Å². The third-order valence-electron chi connectivity index (χ3n) is 5.60. The minimum Gasteiger partial charge on any atom is -0.408 e. The van der Waals surface area contributed by atoms with Gasteiger partial charge in [0.15, 0.2) is 5.58 Å². The molecule has 4 heterocycles. The van der Waals surface area contributed by atoms with Crippen molar-refractivity contribution in [2.45, 2.75) is 11.8 Å². The van der Waals surface area contributed by atoms with Crippen LogP contribution in [-0.4, -0.2) is 53.9 Å². The lowest BCUT2D eigenvalue weighted by atomic mass is 10.0. The van der Waals surface area contributed by atoms with Gasteiger partial charge < -0.3 is 9.32 Å². The first kappa shape index (κ1) is 17.4. The molecule has 2 unspecified atom stereocenters. The fourth-order valence-corrected chi connectivity index (χ4v) is 5.75. The number of hydrogen-bond acceptors (Lipinski definition) is 7. The summed E-state index contributed by atoms with van der Waals surface area (Å²) in [5.74, 6) is 0.822. The summed E-state index contributed by atoms with van der Waals surface area (Å²) in [5, 5.41) is 0. The number of aromatic nitrogens is 3. The maximum atomic E-state index is 13.1. The van der Waals surface area contributed by atoms with Crippen molar-refractivity contribution in [3.63, 3.8) is 0 Å². The number of hydrogen-bond donors (Lipinski definition) is 1. The van der Waals surface area contributed by atoms with E-state index in [1.165, 1.54) is 16.4 Å². The van der Waals surface area contributed by atoms with Gasteiger partial charge in [-0.25, -0.2) is 23.2 Å². The molecule has 28 heavy (non-hydrogen) atoms. The molecular weight excluding hydrogens is 382 g/mol. The summed E-state index contributed by atoms with van der Waals surface area (Å²) >= 11 is 0. The Labute approximate surface area is 161 Å². The summed E-state index contributed by atoms with van der Waals surface area (Å²) in [6, 6.07) is 6.43. The monoisotopic (exact) mass is 401 g/mol. The third kappa shape index (κ3) is 2.80. The van der Waals surface area contributed by atoms with Gasteiger partial charge in [0, 0.05) is 44.0 Å². The second-order valence-electron chi connectivity index (χ2n) is 7.44. The Morgan fingerprint density at radius 2 is 1.86 bits per heavy atom. The highest BCUT2D eigenvalue weighted by atomic mass is 32.2. The second-order valence-corrected chi connectivity index (χ2v) is 9.38. The second kappa shape index (κ2) is 6.14. The summed E-state index contributed by atoms with van der Waals surface area (Å²) in [6.45, 7) is 4.43. The first-order valence-corrected chi connectivity index (χ1v) is 10.5. The maximum Gasteiger partial charge on any atom is 0.417 e. The van der Waals surface area contributed by atoms with E-state index in [0.29, 0.717) is 18.6 Å². The standard InChI is InChI=1S/C18H19N5O4S/c1-11-4-17(20-10-19-11)22-6-12-8-23(9-13(12)7-22)28(25,26)14-2-3-15-16(5-14)27-18(24)21-15/h2-5,10,12-13H,6-9H2,1H3,(H,21,24). The molecule has 0 saturated carbocycles. The van der Waals surface area contributed by atoms with Crippen molar-refractivity contribution in [3.05, 3.63) is 46.8 Å². The van der Waals surface area contributed by atoms with Gasteiger partial charge in [0.05, 0.1) is 10.4 Å². The van der Waals surface area contributed by atoms with Gasteiger partial charge in [0.1, 0.15) is 12.1 Å². The Kier molecular flexibility index (Phi) is 3.81. The van der Waals surface area contributed by atoms with Gasteiger partial charge in [0.25, 0.3) is 0 Å². The molecule has 2 aliphatic heterocycles. The topological polar surface area (TPSA) is 112 Å². The zero-order valence-corrected chi connectivity index (χ0v) is 16.0. The molecule has 146 valence electrons. The van der Waals surface area contributed by atoms with Crippen molar-refractivity contribution in [2.24, 2.45) is 11.8 Å². The van der Waals surface area contributed by atoms with Crippen molar-refractivity contribution in [1.82, 2.24) is 19.3 Å². The van der Waals surface area contributed by atoms with E-state index in [9.17, 15) is 13.2 Å². The number of sulfonamides is 1. The number of aryl methyl sites for hydroxylation is 1. The van der Waals surface area contributed by atoms with Crippen molar-refractivity contribution < 1.29 is 12.8 Å². The summed E-state index contributed by atoms with van der Waals surface area (Å²) in [6.07, 6.45) is 1.56. The number of aromatic amines is 1. The summed E-state index contributed by atoms with van der Waals surface area (Å²) < 4.78 is 32.7. The highest BCUT2D eigenvalue weighted by molar-refractivity contribution is 7.89. The molecule has 2 atom stereocenters. The van der Waals surface area contributed by atoms with Crippen LogP contribution in [0.25, 0.3) is 11.1 Å². The summed E-state index contributed by atoms with van der Waals surface area (Å²) in [5.41, 5.74) is 1.65. The van der Waals surface area contributed by atoms with Gasteiger partial charge in [-0.2, -0.15) is 4.31 Å². The van der Waals surface area contributed by atoms with E-state index in [2.05, 4.69) is 19.9 Å². The van der Waals surface area contributed by atoms with Crippen molar-refractivity contribution in [1.29, 1.82) is 0 Å². The molecule has 5 rings (SSSR count). The Balaban J connectivity index is 1.35. The van der Waals surface area contributed by atoms with E-state index >= 15 is 0 Å². The van der Waals surface area contributed by atoms with E-state index < -0.39 is 15.8 Å². The molecule has 0 amide bonds. The minimum atomic E-state index is -3.64. The first-order valence-electron chi connectivity index (χ1n) is 9.07. The van der Waals surface area contributed by atoms with E-state index in [0.717, 1.165) is 24.6 Å². The lowest BCUT2D eigenvalue weighted by molar-refractivity contribution is 0.453. The normalized spacial score (nSPS) is 22.8. The van der Waals surface area contributed by atoms with Crippen LogP contribution in [0.1, 0.15) is 5.69 Å². The Morgan fingerprint density at radius 1 is 1.11 bits per heavy atom. The number of H-pyrrole nitrogens is 1. The molecule has 2 aromatic heterocycles. The molecule has 2 fully saturated rings. The minimum absolute atomic E-state index is 0.144. The predicted molar refractivity (Wildman–Crippen MR) is 102 cm³/mol. The van der Waals surface area contributed by atoms with E-state index in [4.69, 9.17) is 4.42 Å². The van der Waals surface area contributed by atoms with Crippen LogP contribution in [-0.2, 0) is 10.0 Å². The number of anilines is 1. The number of nitrogens with one attached hydrogen (secondary N) is 1. The van der Waals surface area contributed by atoms with E-state index in [1.807, 2.05) is 13.0 Å². The van der Waals surface area contributed by atoms with Crippen LogP contribution in [0.3, 0.4) is 0 Å². The summed E-state index contributed by atoms with van der Waals surface area (Å²) in [7, 11) is -3.64. The number of oxazole rings is 1. The Hall–Kier alpha value is -2.72. The van der Waals surface area contributed by atoms with Gasteiger partial charge >= 0.3 is 5.76 Å². The van der Waals surface area contributed by atoms with Crippen LogP contribution in [0.2, 0.25) is 0 Å². The predicted octanol–water partition coefficient (Wildman–Crippen LogP) is 0.976. The molecule has 0 radical (unpaired) electrons. The third-order valence-corrected chi connectivity index (χ3v) is 7.42. The molecule has 2 aliphatic rings. The Bertz CT molecular complexity index is 1200. The Morgan fingerprint density at radius 3 is 2.57 bits per heavy atom. The zero-order chi connectivity index (χ0) is 19.5. The van der Waals surface area contributed by atoms with Gasteiger partial charge in [-0.05, 0) is 30.9 Å². The molecule has 2 saturated heterocycles. The quantitative estimate of drug-likeness (QED) is 0.696. The number of rotatable bonds is 3. The molecular formula is C18H19N5O4S. The van der Waals surface area contributed by atoms with Crippen molar-refractivity contribution in [2.75, 3.05) is 31.1 Å². The highest BCUT2D eigenvalue weighted by Crippen LogP contribution is 2.36. The fraction of sp³-hybridized carbons (Fsp3) is 0.389. The van der Waals surface area contributed by atoms with Crippen LogP contribution < -0.4 is 10.7 Å². The van der Waals surface area contributed by atoms with Gasteiger partial charge in [-0.15, -0.1) is 0 Å². The van der Waals surface area contributed by atoms with Gasteiger partial charge in [-0.3, -0.25) is 4.98 Å². The number of fused-ring (bicyclic) bond motifs is 2. The lowest BCUT2D eigenvalue weighted by Crippen LogP contribution is -2.33.